The fourth-order valence-electron chi connectivity index (χ4n) is 2.21. The molecule has 1 saturated carbocycles. The third-order valence-corrected chi connectivity index (χ3v) is 3.11. The zero-order valence-electron chi connectivity index (χ0n) is 8.82. The van der Waals surface area contributed by atoms with Gasteiger partial charge in [0.05, 0.1) is 6.42 Å². The smallest absolute Gasteiger partial charge is 0.330 e. The van der Waals surface area contributed by atoms with Crippen molar-refractivity contribution in [3.63, 3.8) is 0 Å². The average molecular weight is 224 g/mol. The highest BCUT2D eigenvalue weighted by atomic mass is 19.4. The summed E-state index contributed by atoms with van der Waals surface area (Å²) in [7, 11) is 0. The Morgan fingerprint density at radius 3 is 2.47 bits per heavy atom. The second kappa shape index (κ2) is 5.70. The second-order valence-corrected chi connectivity index (χ2v) is 4.26. The van der Waals surface area contributed by atoms with Crippen LogP contribution < -0.4 is 11.1 Å². The van der Waals surface area contributed by atoms with Gasteiger partial charge in [0, 0.05) is 6.54 Å². The molecule has 5 heteroatoms. The standard InChI is InChI=1S/C10H19F3N2/c11-10(12,13)4-5-15-7-9-3-1-2-8(9)6-14/h8-9,15H,1-7,14H2. The van der Waals surface area contributed by atoms with Crippen LogP contribution in [0.4, 0.5) is 13.2 Å². The molecule has 1 aliphatic rings. The van der Waals surface area contributed by atoms with E-state index >= 15 is 0 Å². The summed E-state index contributed by atoms with van der Waals surface area (Å²) < 4.78 is 35.5. The van der Waals surface area contributed by atoms with Gasteiger partial charge in [-0.3, -0.25) is 0 Å². The monoisotopic (exact) mass is 224 g/mol. The van der Waals surface area contributed by atoms with Gasteiger partial charge in [0.15, 0.2) is 0 Å². The van der Waals surface area contributed by atoms with Gasteiger partial charge < -0.3 is 11.1 Å². The van der Waals surface area contributed by atoms with Gasteiger partial charge >= 0.3 is 6.18 Å². The topological polar surface area (TPSA) is 38.0 Å². The lowest BCUT2D eigenvalue weighted by molar-refractivity contribution is -0.133. The van der Waals surface area contributed by atoms with E-state index in [4.69, 9.17) is 5.73 Å². The van der Waals surface area contributed by atoms with Gasteiger partial charge in [-0.05, 0) is 37.8 Å². The number of hydrogen-bond donors (Lipinski definition) is 2. The first-order chi connectivity index (χ1) is 7.03. The van der Waals surface area contributed by atoms with Crippen LogP contribution in [0.25, 0.3) is 0 Å². The highest BCUT2D eigenvalue weighted by Gasteiger charge is 2.28. The largest absolute Gasteiger partial charge is 0.390 e. The highest BCUT2D eigenvalue weighted by molar-refractivity contribution is 4.79. The number of hydrogen-bond acceptors (Lipinski definition) is 2. The molecule has 0 aromatic rings. The minimum absolute atomic E-state index is 0.0251. The van der Waals surface area contributed by atoms with Crippen LogP contribution in [0, 0.1) is 11.8 Å². The summed E-state index contributed by atoms with van der Waals surface area (Å²) in [6.45, 7) is 1.36. The summed E-state index contributed by atoms with van der Waals surface area (Å²) in [6.07, 6.45) is -1.40. The molecule has 2 nitrogen and oxygen atoms in total. The van der Waals surface area contributed by atoms with Crippen molar-refractivity contribution in [2.75, 3.05) is 19.6 Å². The molecule has 0 radical (unpaired) electrons. The van der Waals surface area contributed by atoms with Crippen LogP contribution in [0.3, 0.4) is 0 Å². The normalized spacial score (nSPS) is 27.2. The summed E-state index contributed by atoms with van der Waals surface area (Å²) in [5.41, 5.74) is 5.59. The Kier molecular flexibility index (Phi) is 4.86. The maximum atomic E-state index is 11.8. The third-order valence-electron chi connectivity index (χ3n) is 3.11. The van der Waals surface area contributed by atoms with Crippen LogP contribution in [0.2, 0.25) is 0 Å². The first-order valence-electron chi connectivity index (χ1n) is 5.50. The van der Waals surface area contributed by atoms with Gasteiger partial charge in [0.2, 0.25) is 0 Å². The average Bonchev–Trinajstić information content (AvgIpc) is 2.58. The third kappa shape index (κ3) is 4.84. The molecule has 0 aromatic carbocycles. The predicted octanol–water partition coefficient (Wildman–Crippen LogP) is 1.90. The fourth-order valence-corrected chi connectivity index (χ4v) is 2.21. The van der Waals surface area contributed by atoms with Crippen molar-refractivity contribution >= 4 is 0 Å². The van der Waals surface area contributed by atoms with E-state index in [1.54, 1.807) is 0 Å². The molecule has 2 atom stereocenters. The quantitative estimate of drug-likeness (QED) is 0.700. The summed E-state index contributed by atoms with van der Waals surface area (Å²) in [4.78, 5) is 0. The van der Waals surface area contributed by atoms with Crippen LogP contribution in [0.1, 0.15) is 25.7 Å². The van der Waals surface area contributed by atoms with Gasteiger partial charge in [0.25, 0.3) is 0 Å². The molecule has 0 bridgehead atoms. The first kappa shape index (κ1) is 12.8. The van der Waals surface area contributed by atoms with E-state index in [-0.39, 0.29) is 6.54 Å². The number of nitrogens with one attached hydrogen (secondary N) is 1. The molecule has 0 spiro atoms. The molecular formula is C10H19F3N2. The minimum atomic E-state index is -4.05. The molecule has 15 heavy (non-hydrogen) atoms. The van der Waals surface area contributed by atoms with E-state index in [2.05, 4.69) is 5.32 Å². The van der Waals surface area contributed by atoms with Gasteiger partial charge in [0.1, 0.15) is 0 Å². The van der Waals surface area contributed by atoms with Crippen LogP contribution in [-0.4, -0.2) is 25.8 Å². The van der Waals surface area contributed by atoms with E-state index < -0.39 is 12.6 Å². The molecule has 90 valence electrons. The maximum Gasteiger partial charge on any atom is 0.390 e. The zero-order valence-corrected chi connectivity index (χ0v) is 8.82. The molecule has 1 rings (SSSR count). The molecular weight excluding hydrogens is 205 g/mol. The molecule has 0 amide bonds. The number of halogens is 3. The van der Waals surface area contributed by atoms with Crippen molar-refractivity contribution in [3.8, 4) is 0 Å². The SMILES string of the molecule is NCC1CCCC1CNCCC(F)(F)F. The first-order valence-corrected chi connectivity index (χ1v) is 5.50. The second-order valence-electron chi connectivity index (χ2n) is 4.26. The molecule has 2 unspecified atom stereocenters. The van der Waals surface area contributed by atoms with Crippen molar-refractivity contribution in [2.45, 2.75) is 31.9 Å². The molecule has 0 saturated heterocycles. The van der Waals surface area contributed by atoms with Gasteiger partial charge in [-0.1, -0.05) is 6.42 Å². The van der Waals surface area contributed by atoms with Crippen LogP contribution >= 0.6 is 0 Å². The number of nitrogens with two attached hydrogens (primary N) is 1. The highest BCUT2D eigenvalue weighted by Crippen LogP contribution is 2.30. The van der Waals surface area contributed by atoms with Crippen LogP contribution in [-0.2, 0) is 0 Å². The van der Waals surface area contributed by atoms with Crippen molar-refractivity contribution < 1.29 is 13.2 Å². The Bertz CT molecular complexity index is 182. The minimum Gasteiger partial charge on any atom is -0.330 e. The Morgan fingerprint density at radius 1 is 1.20 bits per heavy atom. The van der Waals surface area contributed by atoms with E-state index in [0.717, 1.165) is 19.3 Å². The molecule has 1 fully saturated rings. The summed E-state index contributed by atoms with van der Waals surface area (Å²) >= 11 is 0. The van der Waals surface area contributed by atoms with E-state index in [1.807, 2.05) is 0 Å². The summed E-state index contributed by atoms with van der Waals surface area (Å²) in [5, 5.41) is 2.87. The molecule has 3 N–H and O–H groups in total. The van der Waals surface area contributed by atoms with E-state index in [9.17, 15) is 13.2 Å². The lowest BCUT2D eigenvalue weighted by atomic mass is 9.96. The Labute approximate surface area is 88.4 Å². The van der Waals surface area contributed by atoms with E-state index in [0.29, 0.717) is 24.9 Å². The molecule has 0 heterocycles. The summed E-state index contributed by atoms with van der Waals surface area (Å²) in [6, 6.07) is 0. The molecule has 0 aromatic heterocycles. The lowest BCUT2D eigenvalue weighted by Gasteiger charge is -2.18. The van der Waals surface area contributed by atoms with Gasteiger partial charge in [-0.25, -0.2) is 0 Å². The Balaban J connectivity index is 2.09. The van der Waals surface area contributed by atoms with Crippen LogP contribution in [0.15, 0.2) is 0 Å². The van der Waals surface area contributed by atoms with Crippen molar-refractivity contribution in [1.29, 1.82) is 0 Å². The zero-order chi connectivity index (χ0) is 11.3. The predicted molar refractivity (Wildman–Crippen MR) is 53.4 cm³/mol. The fraction of sp³-hybridized carbons (Fsp3) is 1.00. The summed E-state index contributed by atoms with van der Waals surface area (Å²) in [5.74, 6) is 0.978. The Morgan fingerprint density at radius 2 is 1.87 bits per heavy atom. The van der Waals surface area contributed by atoms with E-state index in [1.165, 1.54) is 0 Å². The van der Waals surface area contributed by atoms with Gasteiger partial charge in [-0.2, -0.15) is 13.2 Å². The van der Waals surface area contributed by atoms with Crippen molar-refractivity contribution in [1.82, 2.24) is 5.32 Å². The Hall–Kier alpha value is -0.290. The molecule has 1 aliphatic carbocycles. The number of alkyl halides is 3. The van der Waals surface area contributed by atoms with Crippen LogP contribution in [0.5, 0.6) is 0 Å². The van der Waals surface area contributed by atoms with Crippen molar-refractivity contribution in [3.05, 3.63) is 0 Å². The maximum absolute atomic E-state index is 11.8. The van der Waals surface area contributed by atoms with Gasteiger partial charge in [-0.15, -0.1) is 0 Å². The number of rotatable bonds is 5. The van der Waals surface area contributed by atoms with Crippen molar-refractivity contribution in [2.24, 2.45) is 17.6 Å². The lowest BCUT2D eigenvalue weighted by Crippen LogP contribution is -2.31. The molecule has 0 aliphatic heterocycles.